The van der Waals surface area contributed by atoms with E-state index in [1.54, 1.807) is 42.3 Å². The van der Waals surface area contributed by atoms with Gasteiger partial charge in [0.25, 0.3) is 5.16 Å². The summed E-state index contributed by atoms with van der Waals surface area (Å²) in [5.74, 6) is -0.0140. The molecular weight excluding hydrogens is 531 g/mol. The number of fused-ring (bicyclic) bond motifs is 2. The summed E-state index contributed by atoms with van der Waals surface area (Å²) in [5.41, 5.74) is 3.57. The largest absolute Gasteiger partial charge is 0.291 e. The van der Waals surface area contributed by atoms with Crippen molar-refractivity contribution in [1.82, 2.24) is 29.5 Å². The molecule has 3 heterocycles. The number of pyridine rings is 1. The zero-order chi connectivity index (χ0) is 27.6. The molecule has 0 unspecified atom stereocenters. The lowest BCUT2D eigenvalue weighted by molar-refractivity contribution is 0.0796. The van der Waals surface area contributed by atoms with Crippen molar-refractivity contribution in [2.24, 2.45) is 12.5 Å². The molecule has 7 rings (SSSR count). The molecule has 4 aromatic rings. The molecule has 40 heavy (non-hydrogen) atoms. The molecule has 3 aliphatic rings. The number of halogens is 1. The van der Waals surface area contributed by atoms with Gasteiger partial charge in [-0.25, -0.2) is 22.5 Å². The van der Waals surface area contributed by atoms with E-state index in [-0.39, 0.29) is 23.2 Å². The van der Waals surface area contributed by atoms with Crippen LogP contribution in [0, 0.1) is 11.2 Å². The van der Waals surface area contributed by atoms with E-state index in [4.69, 9.17) is 0 Å². The number of carbonyl (C=O) groups is 1. The third-order valence-electron chi connectivity index (χ3n) is 8.46. The third kappa shape index (κ3) is 4.02. The van der Waals surface area contributed by atoms with Crippen LogP contribution in [0.1, 0.15) is 65.3 Å². The minimum Gasteiger partial charge on any atom is -0.291 e. The Morgan fingerprint density at radius 1 is 1.05 bits per heavy atom. The Morgan fingerprint density at radius 2 is 1.85 bits per heavy atom. The van der Waals surface area contributed by atoms with Gasteiger partial charge in [-0.05, 0) is 92.0 Å². The van der Waals surface area contributed by atoms with Gasteiger partial charge in [0.2, 0.25) is 9.84 Å². The van der Waals surface area contributed by atoms with Crippen molar-refractivity contribution in [3.8, 4) is 5.69 Å². The second-order valence-corrected chi connectivity index (χ2v) is 13.2. The average molecular weight is 559 g/mol. The molecule has 204 valence electrons. The van der Waals surface area contributed by atoms with E-state index in [1.807, 2.05) is 12.1 Å². The standard InChI is InChI=1S/C29H27FN6O3S/c1-35-17-32-28(34-35)40(38,39)24-10-5-21-12-26-20(16-33-36(26)23-8-6-22(30)7-9-23)13-29(21,14-24)27(37)25-11-4-19(15-31-25)18-2-3-18/h4,6-9,11-12,15-18,24H,2-3,5,10,13-14H2,1H3/t24-,29-/m0/s1. The molecule has 0 radical (unpaired) electrons. The smallest absolute Gasteiger partial charge is 0.267 e. The maximum atomic E-state index is 14.4. The van der Waals surface area contributed by atoms with E-state index in [0.29, 0.717) is 36.6 Å². The summed E-state index contributed by atoms with van der Waals surface area (Å²) in [6.07, 6.45) is 10.2. The second-order valence-electron chi connectivity index (χ2n) is 11.1. The lowest BCUT2D eigenvalue weighted by atomic mass is 9.61. The minimum atomic E-state index is -3.87. The van der Waals surface area contributed by atoms with Crippen molar-refractivity contribution in [3.63, 3.8) is 0 Å². The molecular formula is C29H27FN6O3S. The van der Waals surface area contributed by atoms with Gasteiger partial charge in [0, 0.05) is 13.2 Å². The van der Waals surface area contributed by atoms with Crippen molar-refractivity contribution in [2.45, 2.75) is 54.8 Å². The number of carbonyl (C=O) groups excluding carboxylic acids is 1. The first-order valence-corrected chi connectivity index (χ1v) is 14.9. The van der Waals surface area contributed by atoms with E-state index in [9.17, 15) is 17.6 Å². The summed E-state index contributed by atoms with van der Waals surface area (Å²) in [4.78, 5) is 23.0. The van der Waals surface area contributed by atoms with Crippen LogP contribution >= 0.6 is 0 Å². The second kappa shape index (κ2) is 9.02. The van der Waals surface area contributed by atoms with Gasteiger partial charge in [0.1, 0.15) is 17.8 Å². The number of aryl methyl sites for hydroxylation is 1. The number of benzene rings is 1. The Bertz CT molecular complexity index is 1770. The van der Waals surface area contributed by atoms with Gasteiger partial charge < -0.3 is 0 Å². The van der Waals surface area contributed by atoms with Crippen LogP contribution in [0.25, 0.3) is 11.8 Å². The first kappa shape index (κ1) is 25.0. The number of hydrogen-bond acceptors (Lipinski definition) is 7. The molecule has 0 aliphatic heterocycles. The van der Waals surface area contributed by atoms with Crippen LogP contribution in [0.15, 0.2) is 65.8 Å². The summed E-state index contributed by atoms with van der Waals surface area (Å²) in [5, 5.41) is 7.58. The van der Waals surface area contributed by atoms with Crippen LogP contribution in [0.5, 0.6) is 0 Å². The van der Waals surface area contributed by atoms with E-state index in [0.717, 1.165) is 35.2 Å². The molecule has 0 saturated heterocycles. The summed E-state index contributed by atoms with van der Waals surface area (Å²) in [6.45, 7) is 0. The van der Waals surface area contributed by atoms with E-state index < -0.39 is 20.5 Å². The molecule has 1 aromatic carbocycles. The predicted octanol–water partition coefficient (Wildman–Crippen LogP) is 4.25. The zero-order valence-corrected chi connectivity index (χ0v) is 22.7. The van der Waals surface area contributed by atoms with E-state index in [1.165, 1.54) is 23.1 Å². The molecule has 2 fully saturated rings. The molecule has 0 amide bonds. The number of hydrogen-bond donors (Lipinski definition) is 0. The number of rotatable bonds is 6. The molecule has 11 heteroatoms. The monoisotopic (exact) mass is 558 g/mol. The van der Waals surface area contributed by atoms with Crippen LogP contribution < -0.4 is 0 Å². The van der Waals surface area contributed by atoms with Crippen LogP contribution in [0.4, 0.5) is 4.39 Å². The minimum absolute atomic E-state index is 0.103. The van der Waals surface area contributed by atoms with Crippen molar-refractivity contribution in [1.29, 1.82) is 0 Å². The van der Waals surface area contributed by atoms with Crippen molar-refractivity contribution < 1.29 is 17.6 Å². The van der Waals surface area contributed by atoms with Crippen LogP contribution in [-0.4, -0.2) is 49.0 Å². The number of sulfone groups is 1. The Kier molecular flexibility index (Phi) is 5.64. The molecule has 9 nitrogen and oxygen atoms in total. The lowest BCUT2D eigenvalue weighted by Crippen LogP contribution is -2.46. The molecule has 0 bridgehead atoms. The fourth-order valence-corrected chi connectivity index (χ4v) is 7.83. The SMILES string of the molecule is Cn1cnc(S(=O)(=O)[C@H]2CCC3=Cc4c(cnn4-c4ccc(F)cc4)C[C@]3(C(=O)c3ccc(C4CC4)cn3)C2)n1. The van der Waals surface area contributed by atoms with Crippen molar-refractivity contribution >= 4 is 21.7 Å². The number of ketones is 1. The Balaban J connectivity index is 1.31. The van der Waals surface area contributed by atoms with Crippen molar-refractivity contribution in [3.05, 3.63) is 89.0 Å². The summed E-state index contributed by atoms with van der Waals surface area (Å²) < 4.78 is 43.9. The van der Waals surface area contributed by atoms with Gasteiger partial charge in [-0.2, -0.15) is 5.10 Å². The molecule has 2 atom stereocenters. The Labute approximate surface area is 230 Å². The highest BCUT2D eigenvalue weighted by molar-refractivity contribution is 7.91. The van der Waals surface area contributed by atoms with Gasteiger partial charge in [-0.15, -0.1) is 5.10 Å². The molecule has 3 aliphatic carbocycles. The fraction of sp³-hybridized carbons (Fsp3) is 0.345. The van der Waals surface area contributed by atoms with Gasteiger partial charge in [0.05, 0.1) is 28.2 Å². The summed E-state index contributed by atoms with van der Waals surface area (Å²) in [7, 11) is -2.25. The normalized spacial score (nSPS) is 22.4. The highest BCUT2D eigenvalue weighted by Crippen LogP contribution is 2.52. The quantitative estimate of drug-likeness (QED) is 0.325. The van der Waals surface area contributed by atoms with Gasteiger partial charge in [0.15, 0.2) is 5.78 Å². The van der Waals surface area contributed by atoms with E-state index >= 15 is 0 Å². The van der Waals surface area contributed by atoms with Crippen LogP contribution in [0.3, 0.4) is 0 Å². The highest BCUT2D eigenvalue weighted by atomic mass is 32.2. The molecule has 0 spiro atoms. The maximum absolute atomic E-state index is 14.4. The average Bonchev–Trinajstić information content (AvgIpc) is 3.59. The molecule has 2 saturated carbocycles. The molecule has 3 aromatic heterocycles. The first-order valence-electron chi connectivity index (χ1n) is 13.4. The van der Waals surface area contributed by atoms with Crippen LogP contribution in [-0.2, 0) is 23.3 Å². The lowest BCUT2D eigenvalue weighted by Gasteiger charge is -2.43. The Morgan fingerprint density at radius 3 is 2.52 bits per heavy atom. The summed E-state index contributed by atoms with van der Waals surface area (Å²) >= 11 is 0. The fourth-order valence-electron chi connectivity index (χ4n) is 6.16. The number of aromatic nitrogens is 6. The van der Waals surface area contributed by atoms with Gasteiger partial charge in [-0.3, -0.25) is 14.5 Å². The number of allylic oxidation sites excluding steroid dienone is 1. The zero-order valence-electron chi connectivity index (χ0n) is 21.9. The highest BCUT2D eigenvalue weighted by Gasteiger charge is 2.52. The maximum Gasteiger partial charge on any atom is 0.267 e. The first-order chi connectivity index (χ1) is 19.2. The number of Topliss-reactive ketones (excluding diaryl/α,β-unsaturated/α-hetero) is 1. The summed E-state index contributed by atoms with van der Waals surface area (Å²) in [6, 6.07) is 9.81. The Hall–Kier alpha value is -3.99. The van der Waals surface area contributed by atoms with Gasteiger partial charge in [-0.1, -0.05) is 11.6 Å². The van der Waals surface area contributed by atoms with Crippen molar-refractivity contribution in [2.75, 3.05) is 0 Å². The number of nitrogens with zero attached hydrogens (tertiary/aromatic N) is 6. The predicted molar refractivity (Wildman–Crippen MR) is 144 cm³/mol. The molecule has 0 N–H and O–H groups in total. The van der Waals surface area contributed by atoms with Gasteiger partial charge >= 0.3 is 0 Å². The third-order valence-corrected chi connectivity index (χ3v) is 10.4. The van der Waals surface area contributed by atoms with E-state index in [2.05, 4.69) is 20.2 Å². The topological polar surface area (TPSA) is 113 Å². The van der Waals surface area contributed by atoms with Crippen LogP contribution in [0.2, 0.25) is 0 Å².